The van der Waals surface area contributed by atoms with Crippen LogP contribution in [0.25, 0.3) is 0 Å². The van der Waals surface area contributed by atoms with E-state index in [0.717, 1.165) is 18.9 Å². The average molecular weight is 196 g/mol. The van der Waals surface area contributed by atoms with Gasteiger partial charge in [-0.15, -0.1) is 0 Å². The minimum absolute atomic E-state index is 0.126. The van der Waals surface area contributed by atoms with Crippen LogP contribution < -0.4 is 5.32 Å². The van der Waals surface area contributed by atoms with E-state index in [-0.39, 0.29) is 5.92 Å². The van der Waals surface area contributed by atoms with Gasteiger partial charge in [-0.05, 0) is 25.7 Å². The third kappa shape index (κ3) is 5.99. The van der Waals surface area contributed by atoms with E-state index < -0.39 is 0 Å². The van der Waals surface area contributed by atoms with Gasteiger partial charge in [-0.3, -0.25) is 0 Å². The second-order valence-corrected chi connectivity index (χ2v) is 4.29. The predicted octanol–water partition coefficient (Wildman–Crippen LogP) is 2.95. The molecule has 82 valence electrons. The highest BCUT2D eigenvalue weighted by atomic mass is 14.9. The lowest BCUT2D eigenvalue weighted by Gasteiger charge is -2.20. The van der Waals surface area contributed by atoms with Crippen molar-refractivity contribution in [1.82, 2.24) is 5.32 Å². The van der Waals surface area contributed by atoms with Gasteiger partial charge in [0.15, 0.2) is 0 Å². The van der Waals surface area contributed by atoms with Gasteiger partial charge in [0.2, 0.25) is 0 Å². The van der Waals surface area contributed by atoms with Crippen LogP contribution in [0.15, 0.2) is 0 Å². The molecule has 3 unspecified atom stereocenters. The van der Waals surface area contributed by atoms with Crippen molar-refractivity contribution in [3.05, 3.63) is 0 Å². The molecule has 0 aliphatic rings. The summed E-state index contributed by atoms with van der Waals surface area (Å²) in [6, 6.07) is 2.83. The second kappa shape index (κ2) is 7.82. The Morgan fingerprint density at radius 3 is 2.29 bits per heavy atom. The molecule has 0 amide bonds. The van der Waals surface area contributed by atoms with E-state index in [1.165, 1.54) is 12.8 Å². The molecule has 2 nitrogen and oxygen atoms in total. The molecule has 0 radical (unpaired) electrons. The van der Waals surface area contributed by atoms with Gasteiger partial charge in [0, 0.05) is 12.6 Å². The van der Waals surface area contributed by atoms with Crippen LogP contribution in [0.2, 0.25) is 0 Å². The summed E-state index contributed by atoms with van der Waals surface area (Å²) in [6.45, 7) is 9.51. The maximum absolute atomic E-state index is 8.66. The molecule has 14 heavy (non-hydrogen) atoms. The predicted molar refractivity (Wildman–Crippen MR) is 60.9 cm³/mol. The molecular weight excluding hydrogens is 172 g/mol. The molecule has 0 heterocycles. The van der Waals surface area contributed by atoms with Crippen molar-refractivity contribution in [2.75, 3.05) is 6.54 Å². The Balaban J connectivity index is 3.74. The second-order valence-electron chi connectivity index (χ2n) is 4.29. The fourth-order valence-corrected chi connectivity index (χ4v) is 1.44. The first-order valence-corrected chi connectivity index (χ1v) is 5.76. The Morgan fingerprint density at radius 1 is 1.21 bits per heavy atom. The fraction of sp³-hybridized carbons (Fsp3) is 0.917. The highest BCUT2D eigenvalue weighted by Crippen LogP contribution is 2.12. The van der Waals surface area contributed by atoms with Gasteiger partial charge in [0.25, 0.3) is 0 Å². The van der Waals surface area contributed by atoms with E-state index in [0.29, 0.717) is 6.04 Å². The zero-order chi connectivity index (χ0) is 11.0. The highest BCUT2D eigenvalue weighted by Gasteiger charge is 2.10. The molecule has 0 saturated heterocycles. The van der Waals surface area contributed by atoms with Gasteiger partial charge in [-0.1, -0.05) is 27.2 Å². The number of rotatable bonds is 7. The number of nitrogens with zero attached hydrogens (tertiary/aromatic N) is 1. The van der Waals surface area contributed by atoms with E-state index in [2.05, 4.69) is 32.2 Å². The molecule has 1 N–H and O–H groups in total. The molecule has 0 bridgehead atoms. The van der Waals surface area contributed by atoms with Crippen molar-refractivity contribution in [2.24, 2.45) is 11.8 Å². The standard InChI is InChI=1S/C12H24N2/c1-5-10(3)7-12(6-2)14-9-11(4)8-13/h10-12,14H,5-7,9H2,1-4H3. The Morgan fingerprint density at radius 2 is 1.86 bits per heavy atom. The smallest absolute Gasteiger partial charge is 0.0666 e. The van der Waals surface area contributed by atoms with Gasteiger partial charge in [-0.25, -0.2) is 0 Å². The number of hydrogen-bond donors (Lipinski definition) is 1. The molecule has 0 saturated carbocycles. The van der Waals surface area contributed by atoms with Gasteiger partial charge in [0.05, 0.1) is 12.0 Å². The maximum atomic E-state index is 8.66. The SMILES string of the molecule is CCC(C)CC(CC)NCC(C)C#N. The molecular formula is C12H24N2. The quantitative estimate of drug-likeness (QED) is 0.679. The van der Waals surface area contributed by atoms with Crippen molar-refractivity contribution < 1.29 is 0 Å². The van der Waals surface area contributed by atoms with Gasteiger partial charge in [-0.2, -0.15) is 5.26 Å². The van der Waals surface area contributed by atoms with Crippen LogP contribution in [-0.4, -0.2) is 12.6 Å². The van der Waals surface area contributed by atoms with E-state index in [4.69, 9.17) is 5.26 Å². The van der Waals surface area contributed by atoms with Gasteiger partial charge in [0.1, 0.15) is 0 Å². The monoisotopic (exact) mass is 196 g/mol. The summed E-state index contributed by atoms with van der Waals surface area (Å²) in [5.74, 6) is 0.908. The van der Waals surface area contributed by atoms with Crippen molar-refractivity contribution >= 4 is 0 Å². The van der Waals surface area contributed by atoms with Crippen LogP contribution in [0.1, 0.15) is 47.0 Å². The van der Waals surface area contributed by atoms with Gasteiger partial charge < -0.3 is 5.32 Å². The van der Waals surface area contributed by atoms with E-state index in [1.54, 1.807) is 0 Å². The van der Waals surface area contributed by atoms with Crippen LogP contribution in [-0.2, 0) is 0 Å². The Bertz CT molecular complexity index is 172. The first-order chi connectivity index (χ1) is 6.63. The molecule has 2 heteroatoms. The van der Waals surface area contributed by atoms with Crippen LogP contribution in [0.3, 0.4) is 0 Å². The largest absolute Gasteiger partial charge is 0.313 e. The zero-order valence-corrected chi connectivity index (χ0v) is 10.0. The summed E-state index contributed by atoms with van der Waals surface area (Å²) in [6.07, 6.45) is 3.62. The van der Waals surface area contributed by atoms with Gasteiger partial charge >= 0.3 is 0 Å². The molecule has 0 spiro atoms. The number of hydrogen-bond acceptors (Lipinski definition) is 2. The van der Waals surface area contributed by atoms with E-state index in [9.17, 15) is 0 Å². The number of nitriles is 1. The Labute approximate surface area is 88.7 Å². The third-order valence-corrected chi connectivity index (χ3v) is 2.81. The van der Waals surface area contributed by atoms with Crippen LogP contribution in [0.4, 0.5) is 0 Å². The van der Waals surface area contributed by atoms with Crippen LogP contribution in [0.5, 0.6) is 0 Å². The maximum Gasteiger partial charge on any atom is 0.0666 e. The van der Waals surface area contributed by atoms with E-state index >= 15 is 0 Å². The van der Waals surface area contributed by atoms with Crippen molar-refractivity contribution in [2.45, 2.75) is 53.0 Å². The summed E-state index contributed by atoms with van der Waals surface area (Å²) in [5.41, 5.74) is 0. The molecule has 0 aromatic heterocycles. The average Bonchev–Trinajstić information content (AvgIpc) is 2.22. The molecule has 0 fully saturated rings. The summed E-state index contributed by atoms with van der Waals surface area (Å²) in [4.78, 5) is 0. The molecule has 0 aromatic carbocycles. The lowest BCUT2D eigenvalue weighted by molar-refractivity contribution is 0.376. The van der Waals surface area contributed by atoms with E-state index in [1.807, 2.05) is 6.92 Å². The summed E-state index contributed by atoms with van der Waals surface area (Å²) >= 11 is 0. The first-order valence-electron chi connectivity index (χ1n) is 5.76. The van der Waals surface area contributed by atoms with Crippen molar-refractivity contribution in [3.63, 3.8) is 0 Å². The highest BCUT2D eigenvalue weighted by molar-refractivity contribution is 4.81. The lowest BCUT2D eigenvalue weighted by atomic mass is 9.97. The topological polar surface area (TPSA) is 35.8 Å². The zero-order valence-electron chi connectivity index (χ0n) is 10.0. The molecule has 0 rings (SSSR count). The minimum atomic E-state index is 0.126. The van der Waals surface area contributed by atoms with Crippen LogP contribution >= 0.6 is 0 Å². The van der Waals surface area contributed by atoms with Crippen molar-refractivity contribution in [3.8, 4) is 6.07 Å². The summed E-state index contributed by atoms with van der Waals surface area (Å²) < 4.78 is 0. The lowest BCUT2D eigenvalue weighted by Crippen LogP contribution is -2.33. The fourth-order valence-electron chi connectivity index (χ4n) is 1.44. The molecule has 0 aliphatic carbocycles. The molecule has 0 aliphatic heterocycles. The number of nitrogens with one attached hydrogen (secondary N) is 1. The first kappa shape index (κ1) is 13.4. The van der Waals surface area contributed by atoms with Crippen LogP contribution in [0, 0.1) is 23.2 Å². The minimum Gasteiger partial charge on any atom is -0.313 e. The summed E-state index contributed by atoms with van der Waals surface area (Å²) in [5, 5.41) is 12.1. The van der Waals surface area contributed by atoms with Crippen molar-refractivity contribution in [1.29, 1.82) is 5.26 Å². The third-order valence-electron chi connectivity index (χ3n) is 2.81. The molecule has 3 atom stereocenters. The molecule has 0 aromatic rings. The normalized spacial score (nSPS) is 17.1. The Kier molecular flexibility index (Phi) is 7.51. The summed E-state index contributed by atoms with van der Waals surface area (Å²) in [7, 11) is 0. The Hall–Kier alpha value is -0.550.